The molecule has 0 aliphatic heterocycles. The average Bonchev–Trinajstić information content (AvgIpc) is 2.37. The van der Waals surface area contributed by atoms with Gasteiger partial charge in [-0.15, -0.1) is 12.4 Å². The van der Waals surface area contributed by atoms with Crippen LogP contribution in [-0.2, 0) is 9.53 Å². The molecule has 20 heavy (non-hydrogen) atoms. The molecule has 0 aromatic heterocycles. The van der Waals surface area contributed by atoms with Crippen LogP contribution < -0.4 is 11.1 Å². The number of carbonyl (C=O) groups excluding carboxylic acids is 2. The largest absolute Gasteiger partial charge is 0.469 e. The average molecular weight is 301 g/mol. The minimum Gasteiger partial charge on any atom is -0.469 e. The van der Waals surface area contributed by atoms with Crippen LogP contribution in [0.5, 0.6) is 0 Å². The number of hydrogen-bond acceptors (Lipinski definition) is 4. The molecule has 6 heteroatoms. The van der Waals surface area contributed by atoms with E-state index in [1.807, 2.05) is 6.92 Å². The highest BCUT2D eigenvalue weighted by atomic mass is 35.5. The Balaban J connectivity index is 0.00000361. The van der Waals surface area contributed by atoms with Gasteiger partial charge in [-0.2, -0.15) is 0 Å². The first-order valence-electron chi connectivity index (χ1n) is 6.00. The summed E-state index contributed by atoms with van der Waals surface area (Å²) in [7, 11) is 1.33. The normalized spacial score (nSPS) is 10.4. The predicted molar refractivity (Wildman–Crippen MR) is 81.0 cm³/mol. The van der Waals surface area contributed by atoms with E-state index in [4.69, 9.17) is 5.73 Å². The van der Waals surface area contributed by atoms with Crippen molar-refractivity contribution in [3.8, 4) is 0 Å². The van der Waals surface area contributed by atoms with Crippen LogP contribution in [0.2, 0.25) is 0 Å². The van der Waals surface area contributed by atoms with Crippen LogP contribution in [0.25, 0.3) is 0 Å². The number of esters is 1. The van der Waals surface area contributed by atoms with E-state index < -0.39 is 5.41 Å². The summed E-state index contributed by atoms with van der Waals surface area (Å²) in [5, 5.41) is 2.73. The van der Waals surface area contributed by atoms with E-state index in [9.17, 15) is 9.59 Å². The second-order valence-corrected chi connectivity index (χ2v) is 5.13. The molecule has 1 aromatic rings. The van der Waals surface area contributed by atoms with Crippen molar-refractivity contribution in [2.45, 2.75) is 20.8 Å². The van der Waals surface area contributed by atoms with Crippen molar-refractivity contribution >= 4 is 30.0 Å². The van der Waals surface area contributed by atoms with Crippen molar-refractivity contribution in [3.05, 3.63) is 29.3 Å². The van der Waals surface area contributed by atoms with Crippen molar-refractivity contribution in [2.24, 2.45) is 5.41 Å². The highest BCUT2D eigenvalue weighted by molar-refractivity contribution is 5.96. The third-order valence-electron chi connectivity index (χ3n) is 2.94. The van der Waals surface area contributed by atoms with E-state index in [2.05, 4.69) is 10.1 Å². The molecule has 5 nitrogen and oxygen atoms in total. The second kappa shape index (κ2) is 7.14. The van der Waals surface area contributed by atoms with E-state index in [0.29, 0.717) is 11.3 Å². The number of anilines is 1. The number of carbonyl (C=O) groups is 2. The van der Waals surface area contributed by atoms with Crippen LogP contribution in [0.3, 0.4) is 0 Å². The van der Waals surface area contributed by atoms with Gasteiger partial charge in [0.05, 0.1) is 12.5 Å². The summed E-state index contributed by atoms with van der Waals surface area (Å²) in [6.45, 7) is 5.46. The Morgan fingerprint density at radius 1 is 1.35 bits per heavy atom. The summed E-state index contributed by atoms with van der Waals surface area (Å²) in [4.78, 5) is 23.6. The molecule has 0 spiro atoms. The summed E-state index contributed by atoms with van der Waals surface area (Å²) in [6.07, 6.45) is 0. The van der Waals surface area contributed by atoms with Crippen molar-refractivity contribution in [3.63, 3.8) is 0 Å². The quantitative estimate of drug-likeness (QED) is 0.657. The highest BCUT2D eigenvalue weighted by Crippen LogP contribution is 2.17. The lowest BCUT2D eigenvalue weighted by Gasteiger charge is -2.22. The predicted octanol–water partition coefficient (Wildman–Crippen LogP) is 1.93. The maximum atomic E-state index is 12.1. The molecule has 0 fully saturated rings. The van der Waals surface area contributed by atoms with Gasteiger partial charge in [-0.1, -0.05) is 6.07 Å². The Morgan fingerprint density at radius 3 is 2.50 bits per heavy atom. The number of ether oxygens (including phenoxy) is 1. The molecule has 112 valence electrons. The summed E-state index contributed by atoms with van der Waals surface area (Å²) < 4.78 is 4.69. The van der Waals surface area contributed by atoms with Gasteiger partial charge in [-0.3, -0.25) is 9.59 Å². The van der Waals surface area contributed by atoms with E-state index in [1.54, 1.807) is 32.0 Å². The first kappa shape index (κ1) is 18.2. The van der Waals surface area contributed by atoms with Gasteiger partial charge in [-0.05, 0) is 38.5 Å². The lowest BCUT2D eigenvalue weighted by Crippen LogP contribution is -2.39. The summed E-state index contributed by atoms with van der Waals surface area (Å²) in [6, 6.07) is 5.15. The molecule has 0 bridgehead atoms. The number of halogens is 1. The standard InChI is InChI=1S/C14H20N2O3.ClH/c1-9-5-6-10(15)7-11(9)12(17)16-8-14(2,3)13(18)19-4;/h5-7H,8,15H2,1-4H3,(H,16,17);1H. The van der Waals surface area contributed by atoms with Crippen LogP contribution in [-0.4, -0.2) is 25.5 Å². The van der Waals surface area contributed by atoms with Gasteiger partial charge < -0.3 is 15.8 Å². The Kier molecular flexibility index (Phi) is 6.52. The fourth-order valence-corrected chi connectivity index (χ4v) is 1.63. The number of amides is 1. The maximum Gasteiger partial charge on any atom is 0.313 e. The van der Waals surface area contributed by atoms with Crippen LogP contribution >= 0.6 is 12.4 Å². The molecule has 0 heterocycles. The van der Waals surface area contributed by atoms with Gasteiger partial charge in [0.2, 0.25) is 0 Å². The van der Waals surface area contributed by atoms with Crippen molar-refractivity contribution in [1.29, 1.82) is 0 Å². The fourth-order valence-electron chi connectivity index (χ4n) is 1.63. The summed E-state index contributed by atoms with van der Waals surface area (Å²) in [5.74, 6) is -0.612. The zero-order valence-electron chi connectivity index (χ0n) is 12.1. The molecule has 0 aliphatic rings. The number of aryl methyl sites for hydroxylation is 1. The highest BCUT2D eigenvalue weighted by Gasteiger charge is 2.29. The topological polar surface area (TPSA) is 81.4 Å². The van der Waals surface area contributed by atoms with E-state index >= 15 is 0 Å². The van der Waals surface area contributed by atoms with Crippen LogP contribution in [0, 0.1) is 12.3 Å². The molecular formula is C14H21ClN2O3. The second-order valence-electron chi connectivity index (χ2n) is 5.13. The van der Waals surface area contributed by atoms with E-state index in [1.165, 1.54) is 7.11 Å². The first-order chi connectivity index (χ1) is 8.77. The number of methoxy groups -OCH3 is 1. The van der Waals surface area contributed by atoms with Gasteiger partial charge in [0.25, 0.3) is 5.91 Å². The first-order valence-corrected chi connectivity index (χ1v) is 6.00. The van der Waals surface area contributed by atoms with Crippen LogP contribution in [0.4, 0.5) is 5.69 Å². The zero-order chi connectivity index (χ0) is 14.6. The Labute approximate surface area is 125 Å². The third-order valence-corrected chi connectivity index (χ3v) is 2.94. The fraction of sp³-hybridized carbons (Fsp3) is 0.429. The van der Waals surface area contributed by atoms with Gasteiger partial charge in [0, 0.05) is 17.8 Å². The molecule has 1 amide bonds. The van der Waals surface area contributed by atoms with E-state index in [0.717, 1.165) is 5.56 Å². The molecule has 3 N–H and O–H groups in total. The molecule has 0 atom stereocenters. The number of nitrogens with two attached hydrogens (primary N) is 1. The molecule has 0 saturated heterocycles. The Hall–Kier alpha value is -1.75. The molecule has 0 saturated carbocycles. The molecule has 1 rings (SSSR count). The van der Waals surface area contributed by atoms with Gasteiger partial charge in [0.15, 0.2) is 0 Å². The monoisotopic (exact) mass is 300 g/mol. The Morgan fingerprint density at radius 2 is 1.95 bits per heavy atom. The molecule has 0 aliphatic carbocycles. The van der Waals surface area contributed by atoms with Crippen molar-refractivity contribution < 1.29 is 14.3 Å². The Bertz CT molecular complexity index is 501. The number of hydrogen-bond donors (Lipinski definition) is 2. The van der Waals surface area contributed by atoms with Crippen molar-refractivity contribution in [2.75, 3.05) is 19.4 Å². The van der Waals surface area contributed by atoms with Gasteiger partial charge >= 0.3 is 5.97 Å². The SMILES string of the molecule is COC(=O)C(C)(C)CNC(=O)c1cc(N)ccc1C.Cl. The van der Waals surface area contributed by atoms with E-state index in [-0.39, 0.29) is 30.8 Å². The van der Waals surface area contributed by atoms with Crippen molar-refractivity contribution in [1.82, 2.24) is 5.32 Å². The minimum atomic E-state index is -0.765. The number of rotatable bonds is 4. The van der Waals surface area contributed by atoms with Gasteiger partial charge in [-0.25, -0.2) is 0 Å². The van der Waals surface area contributed by atoms with Gasteiger partial charge in [0.1, 0.15) is 0 Å². The lowest BCUT2D eigenvalue weighted by molar-refractivity contribution is -0.150. The minimum absolute atomic E-state index is 0. The molecule has 0 radical (unpaired) electrons. The molecule has 0 unspecified atom stereocenters. The number of nitrogens with one attached hydrogen (secondary N) is 1. The molecular weight excluding hydrogens is 280 g/mol. The summed E-state index contributed by atoms with van der Waals surface area (Å²) >= 11 is 0. The number of nitrogen functional groups attached to an aromatic ring is 1. The molecule has 1 aromatic carbocycles. The summed E-state index contributed by atoms with van der Waals surface area (Å²) in [5.41, 5.74) is 6.78. The lowest BCUT2D eigenvalue weighted by atomic mass is 9.93. The zero-order valence-corrected chi connectivity index (χ0v) is 13.0. The third kappa shape index (κ3) is 4.42. The van der Waals surface area contributed by atoms with Crippen LogP contribution in [0.15, 0.2) is 18.2 Å². The smallest absolute Gasteiger partial charge is 0.313 e. The van der Waals surface area contributed by atoms with Crippen LogP contribution in [0.1, 0.15) is 29.8 Å². The maximum absolute atomic E-state index is 12.1. The number of benzene rings is 1.